The molecule has 4 nitrogen and oxygen atoms in total. The summed E-state index contributed by atoms with van der Waals surface area (Å²) in [7, 11) is 0. The fraction of sp³-hybridized carbons (Fsp3) is 0.417. The molecule has 0 aliphatic rings. The fourth-order valence-electron chi connectivity index (χ4n) is 1.24. The molecule has 1 aromatic rings. The molecule has 0 heterocycles. The van der Waals surface area contributed by atoms with E-state index in [9.17, 15) is 4.79 Å². The van der Waals surface area contributed by atoms with Crippen molar-refractivity contribution in [3.05, 3.63) is 35.9 Å². The molecular formula is C12H16O4. The number of hydrogen-bond acceptors (Lipinski definition) is 4. The Morgan fingerprint density at radius 3 is 2.62 bits per heavy atom. The van der Waals surface area contributed by atoms with Crippen LogP contribution in [0.25, 0.3) is 0 Å². The van der Waals surface area contributed by atoms with Crippen molar-refractivity contribution in [1.82, 2.24) is 0 Å². The van der Waals surface area contributed by atoms with Crippen LogP contribution in [-0.4, -0.2) is 30.4 Å². The Kier molecular flexibility index (Phi) is 5.53. The summed E-state index contributed by atoms with van der Waals surface area (Å²) in [6.07, 6.45) is -0.582. The molecule has 0 aliphatic heterocycles. The first-order valence-corrected chi connectivity index (χ1v) is 5.12. The number of aliphatic hydroxyl groups excluding tert-OH is 1. The second-order valence-electron chi connectivity index (χ2n) is 3.41. The van der Waals surface area contributed by atoms with Crippen LogP contribution in [0.3, 0.4) is 0 Å². The van der Waals surface area contributed by atoms with E-state index in [0.29, 0.717) is 6.61 Å². The van der Waals surface area contributed by atoms with Gasteiger partial charge in [0.2, 0.25) is 0 Å². The molecule has 0 fully saturated rings. The number of aliphatic hydroxyl groups is 1. The molecule has 0 bridgehead atoms. The van der Waals surface area contributed by atoms with E-state index in [2.05, 4.69) is 0 Å². The number of ether oxygens (including phenoxy) is 2. The van der Waals surface area contributed by atoms with Gasteiger partial charge in [-0.15, -0.1) is 0 Å². The zero-order valence-electron chi connectivity index (χ0n) is 9.26. The largest absolute Gasteiger partial charge is 0.458 e. The van der Waals surface area contributed by atoms with Gasteiger partial charge in [0.1, 0.15) is 6.10 Å². The summed E-state index contributed by atoms with van der Waals surface area (Å²) >= 11 is 0. The Morgan fingerprint density at radius 2 is 2.06 bits per heavy atom. The van der Waals surface area contributed by atoms with Crippen molar-refractivity contribution in [1.29, 1.82) is 0 Å². The van der Waals surface area contributed by atoms with Crippen molar-refractivity contribution in [2.75, 3.05) is 13.2 Å². The number of carbonyl (C=O) groups excluding carboxylic acids is 1. The van der Waals surface area contributed by atoms with Crippen LogP contribution in [0.15, 0.2) is 30.3 Å². The first-order chi connectivity index (χ1) is 7.72. The molecule has 0 saturated heterocycles. The Hall–Kier alpha value is -1.39. The molecule has 1 unspecified atom stereocenters. The SMILES string of the molecule is CC(=O)OC(CO)COCc1ccccc1. The van der Waals surface area contributed by atoms with Crippen LogP contribution in [0.5, 0.6) is 0 Å². The first kappa shape index (κ1) is 12.7. The van der Waals surface area contributed by atoms with Crippen LogP contribution >= 0.6 is 0 Å². The van der Waals surface area contributed by atoms with Crippen molar-refractivity contribution in [3.8, 4) is 0 Å². The van der Waals surface area contributed by atoms with E-state index in [1.807, 2.05) is 30.3 Å². The van der Waals surface area contributed by atoms with Crippen molar-refractivity contribution in [2.45, 2.75) is 19.6 Å². The molecule has 1 aromatic carbocycles. The summed E-state index contributed by atoms with van der Waals surface area (Å²) in [4.78, 5) is 10.7. The molecule has 1 rings (SSSR count). The molecule has 1 atom stereocenters. The zero-order chi connectivity index (χ0) is 11.8. The van der Waals surface area contributed by atoms with Gasteiger partial charge in [0, 0.05) is 6.92 Å². The van der Waals surface area contributed by atoms with Gasteiger partial charge < -0.3 is 14.6 Å². The minimum absolute atomic E-state index is 0.199. The maximum atomic E-state index is 10.7. The quantitative estimate of drug-likeness (QED) is 0.736. The monoisotopic (exact) mass is 224 g/mol. The third kappa shape index (κ3) is 4.91. The predicted octanol–water partition coefficient (Wildman–Crippen LogP) is 1.13. The molecule has 0 saturated carbocycles. The molecule has 1 N–H and O–H groups in total. The maximum absolute atomic E-state index is 10.7. The summed E-state index contributed by atoms with van der Waals surface area (Å²) < 4.78 is 10.2. The molecule has 88 valence electrons. The number of benzene rings is 1. The van der Waals surface area contributed by atoms with Gasteiger partial charge in [-0.25, -0.2) is 0 Å². The van der Waals surface area contributed by atoms with E-state index in [-0.39, 0.29) is 13.2 Å². The van der Waals surface area contributed by atoms with Crippen LogP contribution in [0.1, 0.15) is 12.5 Å². The zero-order valence-corrected chi connectivity index (χ0v) is 9.26. The molecular weight excluding hydrogens is 208 g/mol. The third-order valence-corrected chi connectivity index (χ3v) is 1.95. The first-order valence-electron chi connectivity index (χ1n) is 5.12. The Balaban J connectivity index is 2.26. The second-order valence-corrected chi connectivity index (χ2v) is 3.41. The summed E-state index contributed by atoms with van der Waals surface area (Å²) in [6.45, 7) is 1.72. The molecule has 0 amide bonds. The second kappa shape index (κ2) is 6.98. The predicted molar refractivity (Wildman–Crippen MR) is 58.7 cm³/mol. The molecule has 16 heavy (non-hydrogen) atoms. The highest BCUT2D eigenvalue weighted by molar-refractivity contribution is 5.66. The number of hydrogen-bond donors (Lipinski definition) is 1. The highest BCUT2D eigenvalue weighted by Gasteiger charge is 2.10. The molecule has 0 radical (unpaired) electrons. The van der Waals surface area contributed by atoms with Crippen molar-refractivity contribution in [3.63, 3.8) is 0 Å². The summed E-state index contributed by atoms with van der Waals surface area (Å²) in [5.74, 6) is -0.414. The van der Waals surface area contributed by atoms with E-state index in [1.165, 1.54) is 6.92 Å². The number of carbonyl (C=O) groups is 1. The highest BCUT2D eigenvalue weighted by atomic mass is 16.6. The van der Waals surface area contributed by atoms with Gasteiger partial charge in [-0.05, 0) is 5.56 Å². The molecule has 0 aliphatic carbocycles. The van der Waals surface area contributed by atoms with E-state index in [0.717, 1.165) is 5.56 Å². The van der Waals surface area contributed by atoms with Crippen molar-refractivity contribution >= 4 is 5.97 Å². The van der Waals surface area contributed by atoms with Gasteiger partial charge in [-0.1, -0.05) is 30.3 Å². The van der Waals surface area contributed by atoms with Crippen molar-refractivity contribution < 1.29 is 19.4 Å². The molecule has 4 heteroatoms. The average Bonchev–Trinajstić information content (AvgIpc) is 2.28. The lowest BCUT2D eigenvalue weighted by Crippen LogP contribution is -2.26. The molecule has 0 spiro atoms. The van der Waals surface area contributed by atoms with E-state index < -0.39 is 12.1 Å². The average molecular weight is 224 g/mol. The van der Waals surface area contributed by atoms with Crippen LogP contribution in [0.4, 0.5) is 0 Å². The Bertz CT molecular complexity index is 310. The van der Waals surface area contributed by atoms with Gasteiger partial charge in [0.15, 0.2) is 0 Å². The highest BCUT2D eigenvalue weighted by Crippen LogP contribution is 2.02. The third-order valence-electron chi connectivity index (χ3n) is 1.95. The van der Waals surface area contributed by atoms with Gasteiger partial charge in [0.05, 0.1) is 19.8 Å². The lowest BCUT2D eigenvalue weighted by atomic mass is 10.2. The lowest BCUT2D eigenvalue weighted by Gasteiger charge is -2.14. The van der Waals surface area contributed by atoms with Gasteiger partial charge in [-0.3, -0.25) is 4.79 Å². The van der Waals surface area contributed by atoms with Crippen molar-refractivity contribution in [2.24, 2.45) is 0 Å². The van der Waals surface area contributed by atoms with Gasteiger partial charge >= 0.3 is 5.97 Å². The van der Waals surface area contributed by atoms with E-state index in [4.69, 9.17) is 14.6 Å². The topological polar surface area (TPSA) is 55.8 Å². The minimum atomic E-state index is -0.582. The van der Waals surface area contributed by atoms with Crippen LogP contribution < -0.4 is 0 Å². The fourth-order valence-corrected chi connectivity index (χ4v) is 1.24. The minimum Gasteiger partial charge on any atom is -0.458 e. The smallest absolute Gasteiger partial charge is 0.303 e. The Labute approximate surface area is 94.8 Å². The van der Waals surface area contributed by atoms with Crippen LogP contribution in [-0.2, 0) is 20.9 Å². The maximum Gasteiger partial charge on any atom is 0.303 e. The Morgan fingerprint density at radius 1 is 1.38 bits per heavy atom. The van der Waals surface area contributed by atoms with E-state index in [1.54, 1.807) is 0 Å². The summed E-state index contributed by atoms with van der Waals surface area (Å²) in [5, 5.41) is 8.91. The van der Waals surface area contributed by atoms with Crippen LogP contribution in [0, 0.1) is 0 Å². The summed E-state index contributed by atoms with van der Waals surface area (Å²) in [5.41, 5.74) is 1.04. The van der Waals surface area contributed by atoms with Crippen LogP contribution in [0.2, 0.25) is 0 Å². The number of esters is 1. The summed E-state index contributed by atoms with van der Waals surface area (Å²) in [6, 6.07) is 9.67. The normalized spacial score (nSPS) is 12.1. The van der Waals surface area contributed by atoms with Gasteiger partial charge in [0.25, 0.3) is 0 Å². The molecule has 0 aromatic heterocycles. The lowest BCUT2D eigenvalue weighted by molar-refractivity contribution is -0.152. The van der Waals surface area contributed by atoms with E-state index >= 15 is 0 Å². The number of rotatable bonds is 6. The van der Waals surface area contributed by atoms with Gasteiger partial charge in [-0.2, -0.15) is 0 Å². The standard InChI is InChI=1S/C12H16O4/c1-10(14)16-12(7-13)9-15-8-11-5-3-2-4-6-11/h2-6,12-13H,7-9H2,1H3.